The minimum Gasteiger partial charge on any atom is -0.370 e. The van der Waals surface area contributed by atoms with E-state index in [1.807, 2.05) is 18.7 Å². The van der Waals surface area contributed by atoms with Gasteiger partial charge in [0, 0.05) is 26.1 Å². The highest BCUT2D eigenvalue weighted by Gasteiger charge is 2.10. The van der Waals surface area contributed by atoms with E-state index in [-0.39, 0.29) is 5.91 Å². The van der Waals surface area contributed by atoms with Gasteiger partial charge in [-0.3, -0.25) is 10.2 Å². The van der Waals surface area contributed by atoms with E-state index in [0.29, 0.717) is 37.2 Å². The van der Waals surface area contributed by atoms with Crippen LogP contribution in [-0.4, -0.2) is 40.5 Å². The summed E-state index contributed by atoms with van der Waals surface area (Å²) in [5.74, 6) is 6.29. The van der Waals surface area contributed by atoms with Crippen molar-refractivity contribution in [1.29, 1.82) is 0 Å². The summed E-state index contributed by atoms with van der Waals surface area (Å²) in [5.41, 5.74) is 7.49. The molecule has 1 aromatic rings. The topological polar surface area (TPSA) is 135 Å². The van der Waals surface area contributed by atoms with Gasteiger partial charge in [-0.2, -0.15) is 15.0 Å². The van der Waals surface area contributed by atoms with Crippen molar-refractivity contribution in [2.45, 2.75) is 26.7 Å². The van der Waals surface area contributed by atoms with E-state index in [2.05, 4.69) is 25.7 Å². The lowest BCUT2D eigenvalue weighted by Crippen LogP contribution is -2.26. The Morgan fingerprint density at radius 3 is 2.40 bits per heavy atom. The number of hydrogen-bond donors (Lipinski definition) is 4. The molecule has 0 saturated heterocycles. The Kier molecular flexibility index (Phi) is 6.44. The van der Waals surface area contributed by atoms with Gasteiger partial charge in [0.1, 0.15) is 0 Å². The summed E-state index contributed by atoms with van der Waals surface area (Å²) in [5, 5.41) is 3.03. The molecule has 6 N–H and O–H groups in total. The van der Waals surface area contributed by atoms with Gasteiger partial charge in [0.2, 0.25) is 23.8 Å². The highest BCUT2D eigenvalue weighted by atomic mass is 16.1. The predicted molar refractivity (Wildman–Crippen MR) is 78.1 cm³/mol. The number of nitrogens with zero attached hydrogens (tertiary/aromatic N) is 4. The van der Waals surface area contributed by atoms with Gasteiger partial charge in [0.25, 0.3) is 0 Å². The van der Waals surface area contributed by atoms with Crippen LogP contribution < -0.4 is 27.2 Å². The van der Waals surface area contributed by atoms with Crippen LogP contribution in [0.3, 0.4) is 0 Å². The molecule has 9 nitrogen and oxygen atoms in total. The third-order valence-corrected chi connectivity index (χ3v) is 2.68. The molecule has 20 heavy (non-hydrogen) atoms. The Bertz CT molecular complexity index is 434. The first-order valence-corrected chi connectivity index (χ1v) is 6.60. The molecule has 0 aliphatic carbocycles. The van der Waals surface area contributed by atoms with Crippen LogP contribution in [0.15, 0.2) is 0 Å². The van der Waals surface area contributed by atoms with Crippen molar-refractivity contribution in [2.75, 3.05) is 35.3 Å². The Morgan fingerprint density at radius 1 is 1.20 bits per heavy atom. The fourth-order valence-corrected chi connectivity index (χ4v) is 1.62. The van der Waals surface area contributed by atoms with Gasteiger partial charge in [-0.15, -0.1) is 0 Å². The quantitative estimate of drug-likeness (QED) is 0.275. The predicted octanol–water partition coefficient (Wildman–Crippen LogP) is -0.319. The van der Waals surface area contributed by atoms with Gasteiger partial charge >= 0.3 is 0 Å². The molecule has 0 radical (unpaired) electrons. The van der Waals surface area contributed by atoms with E-state index in [4.69, 9.17) is 11.6 Å². The van der Waals surface area contributed by atoms with Crippen LogP contribution in [0.4, 0.5) is 17.8 Å². The van der Waals surface area contributed by atoms with Gasteiger partial charge in [-0.25, -0.2) is 5.84 Å². The van der Waals surface area contributed by atoms with Crippen molar-refractivity contribution in [3.8, 4) is 0 Å². The number of hydrazine groups is 1. The first-order valence-electron chi connectivity index (χ1n) is 6.60. The number of rotatable bonds is 9. The van der Waals surface area contributed by atoms with E-state index in [0.717, 1.165) is 13.1 Å². The Labute approximate surface area is 118 Å². The minimum atomic E-state index is -0.324. The van der Waals surface area contributed by atoms with E-state index in [9.17, 15) is 4.79 Å². The number of aromatic nitrogens is 3. The van der Waals surface area contributed by atoms with Crippen molar-refractivity contribution in [1.82, 2.24) is 15.0 Å². The molecule has 0 bridgehead atoms. The Balaban J connectivity index is 2.74. The second-order valence-corrected chi connectivity index (χ2v) is 4.10. The van der Waals surface area contributed by atoms with E-state index in [1.165, 1.54) is 0 Å². The molecule has 0 aliphatic heterocycles. The molecule has 0 unspecified atom stereocenters. The molecule has 1 heterocycles. The zero-order valence-electron chi connectivity index (χ0n) is 11.9. The van der Waals surface area contributed by atoms with Crippen molar-refractivity contribution < 1.29 is 4.79 Å². The lowest BCUT2D eigenvalue weighted by molar-refractivity contribution is -0.118. The van der Waals surface area contributed by atoms with Crippen LogP contribution in [0.5, 0.6) is 0 Å². The third kappa shape index (κ3) is 4.84. The highest BCUT2D eigenvalue weighted by Crippen LogP contribution is 2.12. The summed E-state index contributed by atoms with van der Waals surface area (Å²) in [6, 6.07) is 0. The number of nitrogens with two attached hydrogens (primary N) is 2. The zero-order chi connectivity index (χ0) is 15.0. The van der Waals surface area contributed by atoms with Crippen LogP contribution >= 0.6 is 0 Å². The lowest BCUT2D eigenvalue weighted by atomic mass is 10.3. The standard InChI is InChI=1S/C11H22N8O/c1-3-19(4-2)11-16-9(15-10(17-11)18-13)14-7-5-6-8(12)20/h3-7,13H2,1-2H3,(H2,12,20)(H2,14,15,16,17,18). The molecule has 9 heteroatoms. The van der Waals surface area contributed by atoms with Gasteiger partial charge < -0.3 is 16.0 Å². The van der Waals surface area contributed by atoms with Crippen LogP contribution in [0.25, 0.3) is 0 Å². The second kappa shape index (κ2) is 8.10. The Hall–Kier alpha value is -2.16. The lowest BCUT2D eigenvalue weighted by Gasteiger charge is -2.19. The monoisotopic (exact) mass is 282 g/mol. The molecule has 1 rings (SSSR count). The van der Waals surface area contributed by atoms with Crippen LogP contribution in [0, 0.1) is 0 Å². The summed E-state index contributed by atoms with van der Waals surface area (Å²) < 4.78 is 0. The number of anilines is 3. The molecule has 0 aromatic carbocycles. The van der Waals surface area contributed by atoms with Crippen molar-refractivity contribution in [3.63, 3.8) is 0 Å². The highest BCUT2D eigenvalue weighted by molar-refractivity contribution is 5.73. The maximum atomic E-state index is 10.7. The summed E-state index contributed by atoms with van der Waals surface area (Å²) in [4.78, 5) is 25.3. The van der Waals surface area contributed by atoms with Crippen LogP contribution in [0.1, 0.15) is 26.7 Å². The maximum absolute atomic E-state index is 10.7. The molecule has 0 spiro atoms. The van der Waals surface area contributed by atoms with Gasteiger partial charge in [0.05, 0.1) is 0 Å². The third-order valence-electron chi connectivity index (χ3n) is 2.68. The first kappa shape index (κ1) is 15.9. The number of hydrogen-bond acceptors (Lipinski definition) is 8. The Morgan fingerprint density at radius 2 is 1.85 bits per heavy atom. The number of nitrogen functional groups attached to an aromatic ring is 1. The SMILES string of the molecule is CCN(CC)c1nc(NN)nc(NCCCC(N)=O)n1. The molecule has 0 aliphatic rings. The average molecular weight is 282 g/mol. The van der Waals surface area contributed by atoms with Gasteiger partial charge in [0.15, 0.2) is 0 Å². The largest absolute Gasteiger partial charge is 0.370 e. The fraction of sp³-hybridized carbons (Fsp3) is 0.636. The summed E-state index contributed by atoms with van der Waals surface area (Å²) >= 11 is 0. The molecule has 1 amide bonds. The van der Waals surface area contributed by atoms with E-state index < -0.39 is 0 Å². The number of amides is 1. The summed E-state index contributed by atoms with van der Waals surface area (Å²) in [6.45, 7) is 6.15. The van der Waals surface area contributed by atoms with Gasteiger partial charge in [-0.1, -0.05) is 0 Å². The molecule has 0 atom stereocenters. The first-order chi connectivity index (χ1) is 9.60. The summed E-state index contributed by atoms with van der Waals surface area (Å²) in [6.07, 6.45) is 0.940. The minimum absolute atomic E-state index is 0.291. The van der Waals surface area contributed by atoms with E-state index >= 15 is 0 Å². The molecular weight excluding hydrogens is 260 g/mol. The number of carbonyl (C=O) groups excluding carboxylic acids is 1. The fourth-order valence-electron chi connectivity index (χ4n) is 1.62. The molecule has 112 valence electrons. The van der Waals surface area contributed by atoms with Crippen molar-refractivity contribution >= 4 is 23.8 Å². The molecule has 0 saturated carbocycles. The van der Waals surface area contributed by atoms with Gasteiger partial charge in [-0.05, 0) is 20.3 Å². The van der Waals surface area contributed by atoms with Crippen molar-refractivity contribution in [3.05, 3.63) is 0 Å². The van der Waals surface area contributed by atoms with Crippen molar-refractivity contribution in [2.24, 2.45) is 11.6 Å². The van der Waals surface area contributed by atoms with E-state index in [1.54, 1.807) is 0 Å². The molecule has 0 fully saturated rings. The molecule has 1 aromatic heterocycles. The normalized spacial score (nSPS) is 10.2. The summed E-state index contributed by atoms with van der Waals surface area (Å²) in [7, 11) is 0. The zero-order valence-corrected chi connectivity index (χ0v) is 11.9. The number of nitrogens with one attached hydrogen (secondary N) is 2. The second-order valence-electron chi connectivity index (χ2n) is 4.10. The van der Waals surface area contributed by atoms with Crippen LogP contribution in [-0.2, 0) is 4.79 Å². The molecular formula is C11H22N8O. The van der Waals surface area contributed by atoms with Crippen LogP contribution in [0.2, 0.25) is 0 Å². The average Bonchev–Trinajstić information content (AvgIpc) is 2.44. The smallest absolute Gasteiger partial charge is 0.243 e. The maximum Gasteiger partial charge on any atom is 0.243 e. The number of carbonyl (C=O) groups is 1. The number of primary amides is 1.